The Hall–Kier alpha value is -1.57. The van der Waals surface area contributed by atoms with Crippen molar-refractivity contribution >= 4 is 23.7 Å². The first-order chi connectivity index (χ1) is 8.62. The van der Waals surface area contributed by atoms with Gasteiger partial charge in [-0.05, 0) is 0 Å². The van der Waals surface area contributed by atoms with Crippen LogP contribution in [-0.2, 0) is 10.2 Å². The highest BCUT2D eigenvalue weighted by atomic mass is 32.2. The molecule has 0 aliphatic carbocycles. The average Bonchev–Trinajstić information content (AvgIpc) is 2.68. The zero-order valence-corrected chi connectivity index (χ0v) is 12.6. The van der Waals surface area contributed by atoms with Gasteiger partial charge in [-0.25, -0.2) is 9.78 Å². The fourth-order valence-corrected chi connectivity index (χ4v) is 1.82. The Morgan fingerprint density at radius 3 is 2.37 bits per heavy atom. The molecule has 1 rings (SSSR count). The summed E-state index contributed by atoms with van der Waals surface area (Å²) in [4.78, 5) is 28.6. The Bertz CT molecular complexity index is 490. The van der Waals surface area contributed by atoms with Gasteiger partial charge in [-0.3, -0.25) is 4.79 Å². The molecule has 106 valence electrons. The molecule has 0 saturated heterocycles. The van der Waals surface area contributed by atoms with Crippen LogP contribution in [0.3, 0.4) is 0 Å². The highest BCUT2D eigenvalue weighted by molar-refractivity contribution is 7.99. The summed E-state index contributed by atoms with van der Waals surface area (Å²) < 4.78 is 1.20. The first-order valence-corrected chi connectivity index (χ1v) is 6.71. The van der Waals surface area contributed by atoms with Crippen LogP contribution in [0.2, 0.25) is 0 Å². The standard InChI is InChI=1S/C11H19N5O2S/c1-11(2,3)8-13-9(19-6-7(12)17)16(14-8)10(18)15(4)5/h6H2,1-5H3,(H2,12,17). The topological polar surface area (TPSA) is 94.1 Å². The predicted octanol–water partition coefficient (Wildman–Crippen LogP) is 0.683. The zero-order chi connectivity index (χ0) is 14.8. The van der Waals surface area contributed by atoms with E-state index in [1.54, 1.807) is 14.1 Å². The van der Waals surface area contributed by atoms with Gasteiger partial charge in [0, 0.05) is 19.5 Å². The molecule has 0 unspecified atom stereocenters. The lowest BCUT2D eigenvalue weighted by atomic mass is 9.96. The molecule has 2 amide bonds. The van der Waals surface area contributed by atoms with E-state index in [9.17, 15) is 9.59 Å². The number of primary amides is 1. The number of carbonyl (C=O) groups is 2. The minimum atomic E-state index is -0.464. The average molecular weight is 285 g/mol. The second-order valence-corrected chi connectivity index (χ2v) is 6.25. The van der Waals surface area contributed by atoms with Crippen molar-refractivity contribution in [2.24, 2.45) is 5.73 Å². The van der Waals surface area contributed by atoms with Gasteiger partial charge in [0.25, 0.3) is 0 Å². The smallest absolute Gasteiger partial charge is 0.346 e. The quantitative estimate of drug-likeness (QED) is 0.824. The van der Waals surface area contributed by atoms with Crippen molar-refractivity contribution < 1.29 is 9.59 Å². The number of rotatable bonds is 3. The molecule has 0 aliphatic rings. The van der Waals surface area contributed by atoms with E-state index >= 15 is 0 Å². The summed E-state index contributed by atoms with van der Waals surface area (Å²) in [6, 6.07) is -0.310. The molecule has 1 aromatic heterocycles. The van der Waals surface area contributed by atoms with E-state index in [1.807, 2.05) is 20.8 Å². The molecule has 7 nitrogen and oxygen atoms in total. The third kappa shape index (κ3) is 3.95. The Balaban J connectivity index is 3.14. The first-order valence-electron chi connectivity index (χ1n) is 5.73. The van der Waals surface area contributed by atoms with Crippen LogP contribution in [0.1, 0.15) is 26.6 Å². The van der Waals surface area contributed by atoms with Gasteiger partial charge in [0.2, 0.25) is 5.91 Å². The highest BCUT2D eigenvalue weighted by Gasteiger charge is 2.25. The number of hydrogen-bond acceptors (Lipinski definition) is 5. The van der Waals surface area contributed by atoms with E-state index in [0.717, 1.165) is 11.8 Å². The monoisotopic (exact) mass is 285 g/mol. The Labute approximate surface area is 116 Å². The fraction of sp³-hybridized carbons (Fsp3) is 0.636. The molecule has 0 aliphatic heterocycles. The molecule has 0 spiro atoms. The summed E-state index contributed by atoms with van der Waals surface area (Å²) in [7, 11) is 3.26. The van der Waals surface area contributed by atoms with Gasteiger partial charge >= 0.3 is 6.03 Å². The number of carbonyl (C=O) groups excluding carboxylic acids is 2. The van der Waals surface area contributed by atoms with Gasteiger partial charge in [0.15, 0.2) is 11.0 Å². The molecule has 0 radical (unpaired) electrons. The van der Waals surface area contributed by atoms with Crippen molar-refractivity contribution in [3.63, 3.8) is 0 Å². The molecule has 0 bridgehead atoms. The first kappa shape index (κ1) is 15.5. The molecule has 19 heavy (non-hydrogen) atoms. The van der Waals surface area contributed by atoms with Gasteiger partial charge in [-0.2, -0.15) is 4.68 Å². The Kier molecular flexibility index (Phi) is 4.56. The number of thioether (sulfide) groups is 1. The minimum Gasteiger partial charge on any atom is -0.369 e. The fourth-order valence-electron chi connectivity index (χ4n) is 1.16. The van der Waals surface area contributed by atoms with Crippen molar-refractivity contribution in [1.29, 1.82) is 0 Å². The van der Waals surface area contributed by atoms with Crippen molar-refractivity contribution in [3.8, 4) is 0 Å². The van der Waals surface area contributed by atoms with Crippen molar-refractivity contribution in [2.45, 2.75) is 31.3 Å². The summed E-state index contributed by atoms with van der Waals surface area (Å²) in [6.45, 7) is 5.86. The largest absolute Gasteiger partial charge is 0.369 e. The predicted molar refractivity (Wildman–Crippen MR) is 73.1 cm³/mol. The van der Waals surface area contributed by atoms with E-state index in [4.69, 9.17) is 5.73 Å². The number of hydrogen-bond donors (Lipinski definition) is 1. The lowest BCUT2D eigenvalue weighted by Crippen LogP contribution is -2.29. The van der Waals surface area contributed by atoms with Gasteiger partial charge in [-0.1, -0.05) is 32.5 Å². The summed E-state index contributed by atoms with van der Waals surface area (Å²) >= 11 is 1.11. The normalized spacial score (nSPS) is 11.4. The van der Waals surface area contributed by atoms with Crippen molar-refractivity contribution in [3.05, 3.63) is 5.82 Å². The minimum absolute atomic E-state index is 0.0585. The lowest BCUT2D eigenvalue weighted by molar-refractivity contribution is -0.115. The SMILES string of the molecule is CN(C)C(=O)n1nc(C(C)(C)C)nc1SCC(N)=O. The number of amides is 2. The number of aromatic nitrogens is 3. The van der Waals surface area contributed by atoms with Gasteiger partial charge in [0.1, 0.15) is 0 Å². The van der Waals surface area contributed by atoms with Crippen molar-refractivity contribution in [2.75, 3.05) is 19.8 Å². The van der Waals surface area contributed by atoms with Crippen molar-refractivity contribution in [1.82, 2.24) is 19.7 Å². The van der Waals surface area contributed by atoms with E-state index in [0.29, 0.717) is 11.0 Å². The maximum Gasteiger partial charge on any atom is 0.346 e. The van der Waals surface area contributed by atoms with E-state index in [2.05, 4.69) is 10.1 Å². The molecule has 2 N–H and O–H groups in total. The van der Waals surface area contributed by atoms with Crippen LogP contribution in [0.25, 0.3) is 0 Å². The van der Waals surface area contributed by atoms with Gasteiger partial charge in [-0.15, -0.1) is 5.10 Å². The molecular formula is C11H19N5O2S. The van der Waals surface area contributed by atoms with Gasteiger partial charge < -0.3 is 10.6 Å². The molecule has 1 heterocycles. The summed E-state index contributed by atoms with van der Waals surface area (Å²) in [5, 5.41) is 4.60. The molecule has 8 heteroatoms. The van der Waals surface area contributed by atoms with Crippen LogP contribution in [0.4, 0.5) is 4.79 Å². The highest BCUT2D eigenvalue weighted by Crippen LogP contribution is 2.23. The molecule has 0 atom stereocenters. The second-order valence-electron chi connectivity index (χ2n) is 5.31. The van der Waals surface area contributed by atoms with E-state index < -0.39 is 5.91 Å². The van der Waals surface area contributed by atoms with Crippen LogP contribution in [-0.4, -0.2) is 51.5 Å². The third-order valence-electron chi connectivity index (χ3n) is 2.16. The maximum absolute atomic E-state index is 12.0. The van der Waals surface area contributed by atoms with E-state index in [-0.39, 0.29) is 17.2 Å². The lowest BCUT2D eigenvalue weighted by Gasteiger charge is -2.13. The molecular weight excluding hydrogens is 266 g/mol. The summed E-state index contributed by atoms with van der Waals surface area (Å²) in [6.07, 6.45) is 0. The Morgan fingerprint density at radius 2 is 1.95 bits per heavy atom. The zero-order valence-electron chi connectivity index (χ0n) is 11.8. The molecule has 0 fully saturated rings. The van der Waals surface area contributed by atoms with Gasteiger partial charge in [0.05, 0.1) is 5.75 Å². The summed E-state index contributed by atoms with van der Waals surface area (Å²) in [5.41, 5.74) is 4.83. The Morgan fingerprint density at radius 1 is 1.37 bits per heavy atom. The molecule has 1 aromatic rings. The number of nitrogens with two attached hydrogens (primary N) is 1. The van der Waals surface area contributed by atoms with Crippen LogP contribution in [0.5, 0.6) is 0 Å². The second kappa shape index (κ2) is 5.60. The van der Waals surface area contributed by atoms with Crippen LogP contribution >= 0.6 is 11.8 Å². The van der Waals surface area contributed by atoms with Crippen LogP contribution in [0, 0.1) is 0 Å². The van der Waals surface area contributed by atoms with Crippen LogP contribution in [0.15, 0.2) is 5.16 Å². The maximum atomic E-state index is 12.0. The van der Waals surface area contributed by atoms with E-state index in [1.165, 1.54) is 9.58 Å². The number of nitrogens with zero attached hydrogens (tertiary/aromatic N) is 4. The van der Waals surface area contributed by atoms with Crippen LogP contribution < -0.4 is 5.73 Å². The third-order valence-corrected chi connectivity index (χ3v) is 3.11. The molecule has 0 saturated carbocycles. The summed E-state index contributed by atoms with van der Waals surface area (Å²) in [5.74, 6) is 0.145. The molecule has 0 aromatic carbocycles.